The normalized spacial score (nSPS) is 15.7. The Labute approximate surface area is 169 Å². The van der Waals surface area contributed by atoms with Gasteiger partial charge in [0.15, 0.2) is 11.6 Å². The summed E-state index contributed by atoms with van der Waals surface area (Å²) in [5.41, 5.74) is 1.01. The van der Waals surface area contributed by atoms with Crippen LogP contribution in [0.3, 0.4) is 0 Å². The lowest BCUT2D eigenvalue weighted by molar-refractivity contribution is -0.116. The standard InChI is InChI=1S/C21H24F2N2O3S/c22-19-11-8-17(15-20(19)23)24-21(26)12-7-16-5-9-18(10-6-16)29(27,28)25-13-3-1-2-4-14-25/h5-6,8-11,15H,1-4,7,12-14H2,(H,24,26). The average molecular weight is 422 g/mol. The van der Waals surface area contributed by atoms with Gasteiger partial charge < -0.3 is 5.32 Å². The first-order valence-electron chi connectivity index (χ1n) is 9.70. The van der Waals surface area contributed by atoms with Gasteiger partial charge in [-0.15, -0.1) is 0 Å². The number of rotatable bonds is 6. The summed E-state index contributed by atoms with van der Waals surface area (Å²) < 4.78 is 53.2. The van der Waals surface area contributed by atoms with Crippen LogP contribution in [0, 0.1) is 11.6 Å². The molecule has 2 aromatic rings. The Kier molecular flexibility index (Phi) is 6.97. The van der Waals surface area contributed by atoms with Gasteiger partial charge in [-0.1, -0.05) is 25.0 Å². The highest BCUT2D eigenvalue weighted by Crippen LogP contribution is 2.21. The van der Waals surface area contributed by atoms with Gasteiger partial charge in [-0.25, -0.2) is 17.2 Å². The number of nitrogens with zero attached hydrogens (tertiary/aromatic N) is 1. The van der Waals surface area contributed by atoms with E-state index < -0.39 is 21.7 Å². The van der Waals surface area contributed by atoms with Crippen molar-refractivity contribution in [1.29, 1.82) is 0 Å². The number of anilines is 1. The van der Waals surface area contributed by atoms with Crippen molar-refractivity contribution in [3.05, 3.63) is 59.7 Å². The van der Waals surface area contributed by atoms with Crippen LogP contribution in [0.15, 0.2) is 47.4 Å². The van der Waals surface area contributed by atoms with Crippen LogP contribution in [0.25, 0.3) is 0 Å². The molecular weight excluding hydrogens is 398 g/mol. The number of sulfonamides is 1. The molecule has 0 radical (unpaired) electrons. The summed E-state index contributed by atoms with van der Waals surface area (Å²) in [6.07, 6.45) is 4.40. The zero-order valence-corrected chi connectivity index (χ0v) is 16.9. The minimum Gasteiger partial charge on any atom is -0.326 e. The average Bonchev–Trinajstić information content (AvgIpc) is 3.00. The molecule has 0 spiro atoms. The first kappa shape index (κ1) is 21.4. The van der Waals surface area contributed by atoms with Crippen LogP contribution < -0.4 is 5.32 Å². The van der Waals surface area contributed by atoms with Crippen molar-refractivity contribution >= 4 is 21.6 Å². The van der Waals surface area contributed by atoms with Crippen molar-refractivity contribution in [2.24, 2.45) is 0 Å². The molecule has 1 aliphatic heterocycles. The van der Waals surface area contributed by atoms with E-state index in [1.54, 1.807) is 28.6 Å². The lowest BCUT2D eigenvalue weighted by Gasteiger charge is -2.20. The van der Waals surface area contributed by atoms with E-state index in [1.807, 2.05) is 0 Å². The summed E-state index contributed by atoms with van der Waals surface area (Å²) in [7, 11) is -3.49. The fourth-order valence-corrected chi connectivity index (χ4v) is 4.83. The number of amides is 1. The molecule has 8 heteroatoms. The Morgan fingerprint density at radius 2 is 1.59 bits per heavy atom. The predicted octanol–water partition coefficient (Wildman–Crippen LogP) is 4.10. The number of hydrogen-bond donors (Lipinski definition) is 1. The Balaban J connectivity index is 1.57. The quantitative estimate of drug-likeness (QED) is 0.762. The lowest BCUT2D eigenvalue weighted by Crippen LogP contribution is -2.31. The van der Waals surface area contributed by atoms with Crippen molar-refractivity contribution < 1.29 is 22.0 Å². The van der Waals surface area contributed by atoms with Gasteiger partial charge in [-0.05, 0) is 49.1 Å². The molecule has 0 atom stereocenters. The highest BCUT2D eigenvalue weighted by Gasteiger charge is 2.24. The van der Waals surface area contributed by atoms with Crippen LogP contribution >= 0.6 is 0 Å². The van der Waals surface area contributed by atoms with Crippen molar-refractivity contribution in [2.75, 3.05) is 18.4 Å². The fourth-order valence-electron chi connectivity index (χ4n) is 3.31. The third-order valence-electron chi connectivity index (χ3n) is 4.97. The summed E-state index contributed by atoms with van der Waals surface area (Å²) in [6, 6.07) is 9.72. The van der Waals surface area contributed by atoms with E-state index in [0.717, 1.165) is 43.4 Å². The summed E-state index contributed by atoms with van der Waals surface area (Å²) in [5, 5.41) is 2.52. The maximum absolute atomic E-state index is 13.2. The zero-order chi connectivity index (χ0) is 20.9. The van der Waals surface area contributed by atoms with Crippen LogP contribution in [-0.2, 0) is 21.2 Å². The van der Waals surface area contributed by atoms with Crippen LogP contribution in [-0.4, -0.2) is 31.7 Å². The van der Waals surface area contributed by atoms with Gasteiger partial charge in [0.1, 0.15) is 0 Å². The summed E-state index contributed by atoms with van der Waals surface area (Å²) in [6.45, 7) is 1.10. The Hall–Kier alpha value is -2.32. The van der Waals surface area contributed by atoms with Crippen LogP contribution in [0.4, 0.5) is 14.5 Å². The molecule has 1 amide bonds. The first-order chi connectivity index (χ1) is 13.9. The van der Waals surface area contributed by atoms with E-state index in [-0.39, 0.29) is 22.9 Å². The maximum atomic E-state index is 13.2. The molecular formula is C21H24F2N2O3S. The topological polar surface area (TPSA) is 66.5 Å². The lowest BCUT2D eigenvalue weighted by atomic mass is 10.1. The molecule has 0 aromatic heterocycles. The smallest absolute Gasteiger partial charge is 0.243 e. The molecule has 29 heavy (non-hydrogen) atoms. The molecule has 5 nitrogen and oxygen atoms in total. The van der Waals surface area contributed by atoms with Crippen LogP contribution in [0.1, 0.15) is 37.7 Å². The summed E-state index contributed by atoms with van der Waals surface area (Å²) in [5.74, 6) is -2.33. The van der Waals surface area contributed by atoms with Gasteiger partial charge in [-0.3, -0.25) is 4.79 Å². The molecule has 2 aromatic carbocycles. The number of hydrogen-bond acceptors (Lipinski definition) is 3. The molecule has 1 saturated heterocycles. The molecule has 0 bridgehead atoms. The Morgan fingerprint density at radius 3 is 2.21 bits per heavy atom. The van der Waals surface area contributed by atoms with Gasteiger partial charge in [-0.2, -0.15) is 4.31 Å². The second kappa shape index (κ2) is 9.45. The van der Waals surface area contributed by atoms with Crippen molar-refractivity contribution in [2.45, 2.75) is 43.4 Å². The minimum atomic E-state index is -3.49. The third-order valence-corrected chi connectivity index (χ3v) is 6.88. The van der Waals surface area contributed by atoms with E-state index >= 15 is 0 Å². The molecule has 1 N–H and O–H groups in total. The zero-order valence-electron chi connectivity index (χ0n) is 16.0. The molecule has 1 heterocycles. The second-order valence-electron chi connectivity index (χ2n) is 7.14. The maximum Gasteiger partial charge on any atom is 0.243 e. The number of nitrogens with one attached hydrogen (secondary N) is 1. The molecule has 0 aliphatic carbocycles. The van der Waals surface area contributed by atoms with Crippen LogP contribution in [0.2, 0.25) is 0 Å². The molecule has 1 fully saturated rings. The SMILES string of the molecule is O=C(CCc1ccc(S(=O)(=O)N2CCCCCC2)cc1)Nc1ccc(F)c(F)c1. The molecule has 0 saturated carbocycles. The Morgan fingerprint density at radius 1 is 0.931 bits per heavy atom. The number of benzene rings is 2. The molecule has 1 aliphatic rings. The highest BCUT2D eigenvalue weighted by molar-refractivity contribution is 7.89. The fraction of sp³-hybridized carbons (Fsp3) is 0.381. The molecule has 156 valence electrons. The number of carbonyl (C=O) groups is 1. The Bertz CT molecular complexity index is 954. The van der Waals surface area contributed by atoms with Gasteiger partial charge in [0.2, 0.25) is 15.9 Å². The van der Waals surface area contributed by atoms with Gasteiger partial charge in [0, 0.05) is 31.3 Å². The van der Waals surface area contributed by atoms with Crippen LogP contribution in [0.5, 0.6) is 0 Å². The summed E-state index contributed by atoms with van der Waals surface area (Å²) >= 11 is 0. The van der Waals surface area contributed by atoms with Gasteiger partial charge in [0.25, 0.3) is 0 Å². The molecule has 0 unspecified atom stereocenters. The number of aryl methyl sites for hydroxylation is 1. The monoisotopic (exact) mass is 422 g/mol. The second-order valence-corrected chi connectivity index (χ2v) is 9.08. The van der Waals surface area contributed by atoms with E-state index in [4.69, 9.17) is 0 Å². The van der Waals surface area contributed by atoms with E-state index in [2.05, 4.69) is 5.32 Å². The van der Waals surface area contributed by atoms with Crippen molar-refractivity contribution in [3.63, 3.8) is 0 Å². The number of carbonyl (C=O) groups excluding carboxylic acids is 1. The van der Waals surface area contributed by atoms with Gasteiger partial charge in [0.05, 0.1) is 4.90 Å². The highest BCUT2D eigenvalue weighted by atomic mass is 32.2. The summed E-state index contributed by atoms with van der Waals surface area (Å²) in [4.78, 5) is 12.3. The minimum absolute atomic E-state index is 0.136. The van der Waals surface area contributed by atoms with Gasteiger partial charge >= 0.3 is 0 Å². The van der Waals surface area contributed by atoms with E-state index in [9.17, 15) is 22.0 Å². The predicted molar refractivity (Wildman–Crippen MR) is 107 cm³/mol. The third kappa shape index (κ3) is 5.61. The number of halogens is 2. The van der Waals surface area contributed by atoms with E-state index in [1.165, 1.54) is 6.07 Å². The van der Waals surface area contributed by atoms with Crippen molar-refractivity contribution in [3.8, 4) is 0 Å². The van der Waals surface area contributed by atoms with Crippen molar-refractivity contribution in [1.82, 2.24) is 4.31 Å². The first-order valence-corrected chi connectivity index (χ1v) is 11.1. The van der Waals surface area contributed by atoms with E-state index in [0.29, 0.717) is 19.5 Å². The molecule has 3 rings (SSSR count). The largest absolute Gasteiger partial charge is 0.326 e.